The smallest absolute Gasteiger partial charge is 0.141 e. The van der Waals surface area contributed by atoms with E-state index >= 15 is 0 Å². The molecule has 1 aromatic heterocycles. The molecule has 108 valence electrons. The molecule has 0 saturated carbocycles. The molecule has 0 amide bonds. The van der Waals surface area contributed by atoms with Gasteiger partial charge in [0.05, 0.1) is 16.1 Å². The van der Waals surface area contributed by atoms with Gasteiger partial charge in [0, 0.05) is 16.6 Å². The summed E-state index contributed by atoms with van der Waals surface area (Å²) in [7, 11) is 0. The largest absolute Gasteiger partial charge is 0.506 e. The molecular weight excluding hydrogens is 352 g/mol. The lowest BCUT2D eigenvalue weighted by Crippen LogP contribution is -1.99. The Kier molecular flexibility index (Phi) is 3.91. The zero-order valence-electron chi connectivity index (χ0n) is 11.5. The Balaban J connectivity index is 2.24. The highest BCUT2D eigenvalue weighted by Crippen LogP contribution is 2.31. The fraction of sp³-hybridized carbons (Fsp3) is 0.188. The van der Waals surface area contributed by atoms with Crippen LogP contribution in [0.15, 0.2) is 40.9 Å². The van der Waals surface area contributed by atoms with Crippen LogP contribution in [0.25, 0.3) is 22.4 Å². The molecule has 0 atom stereocenters. The maximum Gasteiger partial charge on any atom is 0.141 e. The predicted octanol–water partition coefficient (Wildman–Crippen LogP) is 5.23. The lowest BCUT2D eigenvalue weighted by molar-refractivity contribution is 0.475. The quantitative estimate of drug-likeness (QED) is 0.689. The molecule has 0 aliphatic carbocycles. The number of hydrogen-bond donors (Lipinski definition) is 1. The Morgan fingerprint density at radius 2 is 2.05 bits per heavy atom. The number of imidazole rings is 1. The van der Waals surface area contributed by atoms with E-state index in [1.165, 1.54) is 0 Å². The summed E-state index contributed by atoms with van der Waals surface area (Å²) >= 11 is 9.50. The number of phenolic OH excluding ortho intramolecular Hbond substituents is 1. The molecule has 0 spiro atoms. The molecule has 0 saturated heterocycles. The van der Waals surface area contributed by atoms with E-state index in [9.17, 15) is 5.11 Å². The summed E-state index contributed by atoms with van der Waals surface area (Å²) in [5.41, 5.74) is 2.94. The minimum atomic E-state index is 0.0845. The number of aromatic nitrogens is 2. The third-order valence-electron chi connectivity index (χ3n) is 3.36. The Labute approximate surface area is 136 Å². The molecule has 0 bridgehead atoms. The third kappa shape index (κ3) is 2.65. The van der Waals surface area contributed by atoms with Gasteiger partial charge in [0.25, 0.3) is 0 Å². The summed E-state index contributed by atoms with van der Waals surface area (Å²) in [4.78, 5) is 4.73. The molecule has 0 unspecified atom stereocenters. The van der Waals surface area contributed by atoms with Gasteiger partial charge in [-0.3, -0.25) is 0 Å². The van der Waals surface area contributed by atoms with Gasteiger partial charge in [-0.05, 0) is 42.8 Å². The molecule has 0 aliphatic heterocycles. The second kappa shape index (κ2) is 5.70. The van der Waals surface area contributed by atoms with Gasteiger partial charge >= 0.3 is 0 Å². The Morgan fingerprint density at radius 3 is 2.76 bits per heavy atom. The van der Waals surface area contributed by atoms with Crippen molar-refractivity contribution < 1.29 is 5.11 Å². The molecule has 0 aliphatic rings. The summed E-state index contributed by atoms with van der Waals surface area (Å²) in [6.45, 7) is 3.02. The zero-order valence-corrected chi connectivity index (χ0v) is 13.8. The average Bonchev–Trinajstić information content (AvgIpc) is 2.80. The summed E-state index contributed by atoms with van der Waals surface area (Å²) in [6.07, 6.45) is 1.01. The molecule has 0 radical (unpaired) electrons. The number of aromatic hydroxyl groups is 1. The van der Waals surface area contributed by atoms with E-state index in [2.05, 4.69) is 33.5 Å². The van der Waals surface area contributed by atoms with Crippen LogP contribution < -0.4 is 0 Å². The van der Waals surface area contributed by atoms with Crippen molar-refractivity contribution in [3.8, 4) is 17.1 Å². The Hall–Kier alpha value is -1.52. The number of rotatable bonds is 3. The molecular formula is C16H14BrClN2O. The molecule has 3 nitrogen and oxygen atoms in total. The highest BCUT2D eigenvalue weighted by atomic mass is 79.9. The van der Waals surface area contributed by atoms with Crippen LogP contribution in [0.4, 0.5) is 0 Å². The minimum absolute atomic E-state index is 0.0845. The van der Waals surface area contributed by atoms with Crippen LogP contribution in [0.1, 0.15) is 13.3 Å². The van der Waals surface area contributed by atoms with Crippen molar-refractivity contribution in [2.24, 2.45) is 0 Å². The number of benzene rings is 2. The lowest BCUT2D eigenvalue weighted by atomic mass is 10.2. The van der Waals surface area contributed by atoms with Crippen molar-refractivity contribution in [2.75, 3.05) is 0 Å². The van der Waals surface area contributed by atoms with Crippen LogP contribution in [-0.4, -0.2) is 14.7 Å². The van der Waals surface area contributed by atoms with E-state index in [4.69, 9.17) is 16.6 Å². The molecule has 3 rings (SSSR count). The van der Waals surface area contributed by atoms with Gasteiger partial charge < -0.3 is 9.67 Å². The van der Waals surface area contributed by atoms with Crippen LogP contribution in [-0.2, 0) is 6.54 Å². The van der Waals surface area contributed by atoms with Crippen molar-refractivity contribution >= 4 is 38.6 Å². The van der Waals surface area contributed by atoms with E-state index < -0.39 is 0 Å². The van der Waals surface area contributed by atoms with E-state index in [1.807, 2.05) is 18.2 Å². The van der Waals surface area contributed by atoms with Crippen molar-refractivity contribution in [3.63, 3.8) is 0 Å². The van der Waals surface area contributed by atoms with E-state index in [-0.39, 0.29) is 5.75 Å². The van der Waals surface area contributed by atoms with Crippen LogP contribution in [0.3, 0.4) is 0 Å². The molecule has 5 heteroatoms. The standard InChI is InChI=1S/C16H14BrClN2O/c1-2-7-20-14-5-4-11(17)9-13(14)19-16(20)10-3-6-15(21)12(18)8-10/h3-6,8-9,21H,2,7H2,1H3. The first kappa shape index (κ1) is 14.4. The molecule has 2 aromatic carbocycles. The van der Waals surface area contributed by atoms with Gasteiger partial charge in [-0.15, -0.1) is 0 Å². The summed E-state index contributed by atoms with van der Waals surface area (Å²) in [5, 5.41) is 9.91. The average molecular weight is 366 g/mol. The van der Waals surface area contributed by atoms with Gasteiger partial charge in [-0.25, -0.2) is 4.98 Å². The SMILES string of the molecule is CCCn1c(-c2ccc(O)c(Cl)c2)nc2cc(Br)ccc21. The monoisotopic (exact) mass is 364 g/mol. The van der Waals surface area contributed by atoms with Gasteiger partial charge in [-0.1, -0.05) is 34.5 Å². The fourth-order valence-corrected chi connectivity index (χ4v) is 2.95. The second-order valence-electron chi connectivity index (χ2n) is 4.89. The number of halogens is 2. The number of aryl methyl sites for hydroxylation is 1. The van der Waals surface area contributed by atoms with Crippen molar-refractivity contribution in [1.82, 2.24) is 9.55 Å². The number of fused-ring (bicyclic) bond motifs is 1. The van der Waals surface area contributed by atoms with E-state index in [0.717, 1.165) is 39.9 Å². The van der Waals surface area contributed by atoms with Crippen molar-refractivity contribution in [2.45, 2.75) is 19.9 Å². The van der Waals surface area contributed by atoms with Crippen molar-refractivity contribution in [1.29, 1.82) is 0 Å². The van der Waals surface area contributed by atoms with Gasteiger partial charge in [0.15, 0.2) is 0 Å². The predicted molar refractivity (Wildman–Crippen MR) is 89.8 cm³/mol. The molecule has 0 fully saturated rings. The van der Waals surface area contributed by atoms with E-state index in [1.54, 1.807) is 12.1 Å². The zero-order chi connectivity index (χ0) is 15.0. The molecule has 21 heavy (non-hydrogen) atoms. The maximum absolute atomic E-state index is 9.57. The summed E-state index contributed by atoms with van der Waals surface area (Å²) < 4.78 is 3.19. The topological polar surface area (TPSA) is 38.0 Å². The Morgan fingerprint density at radius 1 is 1.24 bits per heavy atom. The third-order valence-corrected chi connectivity index (χ3v) is 4.16. The first-order valence-corrected chi connectivity index (χ1v) is 7.92. The summed E-state index contributed by atoms with van der Waals surface area (Å²) in [6, 6.07) is 11.3. The fourth-order valence-electron chi connectivity index (χ4n) is 2.42. The molecule has 3 aromatic rings. The van der Waals surface area contributed by atoms with Gasteiger partial charge in [0.1, 0.15) is 11.6 Å². The normalized spacial score (nSPS) is 11.2. The first-order chi connectivity index (χ1) is 10.1. The first-order valence-electron chi connectivity index (χ1n) is 6.75. The van der Waals surface area contributed by atoms with E-state index in [0.29, 0.717) is 5.02 Å². The van der Waals surface area contributed by atoms with Crippen LogP contribution >= 0.6 is 27.5 Å². The highest BCUT2D eigenvalue weighted by Gasteiger charge is 2.13. The van der Waals surface area contributed by atoms with Gasteiger partial charge in [-0.2, -0.15) is 0 Å². The second-order valence-corrected chi connectivity index (χ2v) is 6.21. The number of hydrogen-bond acceptors (Lipinski definition) is 2. The molecule has 1 heterocycles. The molecule has 1 N–H and O–H groups in total. The van der Waals surface area contributed by atoms with Crippen LogP contribution in [0.2, 0.25) is 5.02 Å². The van der Waals surface area contributed by atoms with Crippen LogP contribution in [0, 0.1) is 0 Å². The minimum Gasteiger partial charge on any atom is -0.506 e. The highest BCUT2D eigenvalue weighted by molar-refractivity contribution is 9.10. The maximum atomic E-state index is 9.57. The Bertz CT molecular complexity index is 813. The van der Waals surface area contributed by atoms with Gasteiger partial charge in [0.2, 0.25) is 0 Å². The van der Waals surface area contributed by atoms with Crippen LogP contribution in [0.5, 0.6) is 5.75 Å². The number of nitrogens with zero attached hydrogens (tertiary/aromatic N) is 2. The lowest BCUT2D eigenvalue weighted by Gasteiger charge is -2.08. The summed E-state index contributed by atoms with van der Waals surface area (Å²) in [5.74, 6) is 0.952. The number of phenols is 1. The van der Waals surface area contributed by atoms with Crippen molar-refractivity contribution in [3.05, 3.63) is 45.9 Å².